The molecule has 0 aliphatic heterocycles. The lowest BCUT2D eigenvalue weighted by atomic mass is 10.0. The molecule has 0 atom stereocenters. The van der Waals surface area contributed by atoms with Crippen LogP contribution in [0.15, 0.2) is 42.5 Å². The summed E-state index contributed by atoms with van der Waals surface area (Å²) < 4.78 is 16.2. The van der Waals surface area contributed by atoms with Gasteiger partial charge in [0.1, 0.15) is 5.75 Å². The van der Waals surface area contributed by atoms with Crippen LogP contribution in [-0.4, -0.2) is 38.4 Å². The summed E-state index contributed by atoms with van der Waals surface area (Å²) in [5.74, 6) is 2.09. The van der Waals surface area contributed by atoms with Crippen molar-refractivity contribution in [1.82, 2.24) is 10.6 Å². The fourth-order valence-corrected chi connectivity index (χ4v) is 3.01. The standard InChI is InChI=1S/C22H28N2O4S/c1-15(2)17-7-5-6-8-18(17)28-14-21(25)24-22(29)23-12-11-16-9-10-19(26-3)20(13-16)27-4/h5-10,13,15H,11-12,14H2,1-4H3,(H2,23,24,25,29). The normalized spacial score (nSPS) is 10.4. The van der Waals surface area contributed by atoms with E-state index in [0.717, 1.165) is 11.1 Å². The first-order valence-corrected chi connectivity index (χ1v) is 9.85. The molecule has 1 amide bonds. The van der Waals surface area contributed by atoms with Gasteiger partial charge in [-0.2, -0.15) is 0 Å². The smallest absolute Gasteiger partial charge is 0.264 e. The second-order valence-corrected chi connectivity index (χ2v) is 7.13. The molecule has 2 aromatic carbocycles. The van der Waals surface area contributed by atoms with E-state index in [1.165, 1.54) is 0 Å². The molecule has 0 aliphatic carbocycles. The monoisotopic (exact) mass is 416 g/mol. The molecular formula is C22H28N2O4S. The van der Waals surface area contributed by atoms with Gasteiger partial charge in [0.05, 0.1) is 14.2 Å². The van der Waals surface area contributed by atoms with Crippen LogP contribution in [0.1, 0.15) is 30.9 Å². The predicted molar refractivity (Wildman–Crippen MR) is 118 cm³/mol. The van der Waals surface area contributed by atoms with Crippen molar-refractivity contribution in [3.63, 3.8) is 0 Å². The molecule has 0 heterocycles. The first-order valence-electron chi connectivity index (χ1n) is 9.45. The van der Waals surface area contributed by atoms with Gasteiger partial charge in [-0.3, -0.25) is 4.79 Å². The lowest BCUT2D eigenvalue weighted by Crippen LogP contribution is -2.42. The summed E-state index contributed by atoms with van der Waals surface area (Å²) in [6, 6.07) is 13.5. The van der Waals surface area contributed by atoms with Crippen molar-refractivity contribution in [3.8, 4) is 17.2 Å². The Morgan fingerprint density at radius 2 is 1.76 bits per heavy atom. The molecule has 0 fully saturated rings. The number of para-hydroxylation sites is 1. The highest BCUT2D eigenvalue weighted by Gasteiger charge is 2.10. The van der Waals surface area contributed by atoms with Crippen LogP contribution >= 0.6 is 12.2 Å². The van der Waals surface area contributed by atoms with E-state index in [9.17, 15) is 4.79 Å². The van der Waals surface area contributed by atoms with Crippen LogP contribution in [0.5, 0.6) is 17.2 Å². The number of rotatable bonds is 9. The van der Waals surface area contributed by atoms with Gasteiger partial charge in [0.25, 0.3) is 5.91 Å². The molecular weight excluding hydrogens is 388 g/mol. The summed E-state index contributed by atoms with van der Waals surface area (Å²) in [6.45, 7) is 4.65. The van der Waals surface area contributed by atoms with Gasteiger partial charge in [-0.15, -0.1) is 0 Å². The molecule has 0 aromatic heterocycles. The molecule has 156 valence electrons. The van der Waals surface area contributed by atoms with Crippen LogP contribution in [0.2, 0.25) is 0 Å². The van der Waals surface area contributed by atoms with Gasteiger partial charge in [0.15, 0.2) is 23.2 Å². The maximum absolute atomic E-state index is 12.1. The highest BCUT2D eigenvalue weighted by Crippen LogP contribution is 2.27. The number of methoxy groups -OCH3 is 2. The zero-order chi connectivity index (χ0) is 21.2. The Bertz CT molecular complexity index is 839. The number of nitrogens with one attached hydrogen (secondary N) is 2. The van der Waals surface area contributed by atoms with Crippen LogP contribution in [0, 0.1) is 0 Å². The molecule has 2 rings (SSSR count). The fourth-order valence-electron chi connectivity index (χ4n) is 2.80. The van der Waals surface area contributed by atoms with E-state index in [2.05, 4.69) is 24.5 Å². The maximum Gasteiger partial charge on any atom is 0.264 e. The van der Waals surface area contributed by atoms with Crippen molar-refractivity contribution in [2.24, 2.45) is 0 Å². The topological polar surface area (TPSA) is 68.8 Å². The lowest BCUT2D eigenvalue weighted by molar-refractivity contribution is -0.121. The van der Waals surface area contributed by atoms with E-state index in [4.69, 9.17) is 26.4 Å². The minimum atomic E-state index is -0.299. The number of carbonyl (C=O) groups is 1. The zero-order valence-electron chi connectivity index (χ0n) is 17.3. The fraction of sp³-hybridized carbons (Fsp3) is 0.364. The summed E-state index contributed by atoms with van der Waals surface area (Å²) in [5.41, 5.74) is 2.13. The van der Waals surface area contributed by atoms with Crippen LogP contribution in [0.3, 0.4) is 0 Å². The molecule has 0 saturated carbocycles. The van der Waals surface area contributed by atoms with Gasteiger partial charge >= 0.3 is 0 Å². The Labute approximate surface area is 177 Å². The highest BCUT2D eigenvalue weighted by atomic mass is 32.1. The van der Waals surface area contributed by atoms with E-state index in [0.29, 0.717) is 36.1 Å². The van der Waals surface area contributed by atoms with E-state index in [-0.39, 0.29) is 17.6 Å². The average Bonchev–Trinajstić information content (AvgIpc) is 2.72. The van der Waals surface area contributed by atoms with Crippen molar-refractivity contribution in [3.05, 3.63) is 53.6 Å². The molecule has 0 unspecified atom stereocenters. The lowest BCUT2D eigenvalue weighted by Gasteiger charge is -2.14. The van der Waals surface area contributed by atoms with E-state index < -0.39 is 0 Å². The summed E-state index contributed by atoms with van der Waals surface area (Å²) in [4.78, 5) is 12.1. The number of benzene rings is 2. The van der Waals surface area contributed by atoms with E-state index in [1.54, 1.807) is 14.2 Å². The molecule has 0 radical (unpaired) electrons. The first kappa shape index (κ1) is 22.5. The van der Waals surface area contributed by atoms with E-state index in [1.807, 2.05) is 42.5 Å². The maximum atomic E-state index is 12.1. The summed E-state index contributed by atoms with van der Waals surface area (Å²) in [7, 11) is 3.21. The molecule has 0 aliphatic rings. The highest BCUT2D eigenvalue weighted by molar-refractivity contribution is 7.80. The third kappa shape index (κ3) is 6.94. The zero-order valence-corrected chi connectivity index (χ0v) is 18.1. The third-order valence-electron chi connectivity index (χ3n) is 4.30. The largest absolute Gasteiger partial charge is 0.493 e. The molecule has 29 heavy (non-hydrogen) atoms. The van der Waals surface area contributed by atoms with Crippen molar-refractivity contribution < 1.29 is 19.0 Å². The number of amides is 1. The van der Waals surface area contributed by atoms with Gasteiger partial charge in [0, 0.05) is 6.54 Å². The van der Waals surface area contributed by atoms with Gasteiger partial charge in [-0.25, -0.2) is 0 Å². The average molecular weight is 417 g/mol. The van der Waals surface area contributed by atoms with E-state index >= 15 is 0 Å². The Morgan fingerprint density at radius 3 is 2.45 bits per heavy atom. The van der Waals surface area contributed by atoms with Crippen molar-refractivity contribution in [1.29, 1.82) is 0 Å². The number of hydrogen-bond donors (Lipinski definition) is 2. The Morgan fingerprint density at radius 1 is 1.03 bits per heavy atom. The Hall–Kier alpha value is -2.80. The SMILES string of the molecule is COc1ccc(CCNC(=S)NC(=O)COc2ccccc2C(C)C)cc1OC. The molecule has 2 N–H and O–H groups in total. The third-order valence-corrected chi connectivity index (χ3v) is 4.55. The second-order valence-electron chi connectivity index (χ2n) is 6.72. The minimum absolute atomic E-state index is 0.0960. The molecule has 0 saturated heterocycles. The molecule has 0 bridgehead atoms. The molecule has 6 nitrogen and oxygen atoms in total. The van der Waals surface area contributed by atoms with Gasteiger partial charge in [-0.1, -0.05) is 38.1 Å². The van der Waals surface area contributed by atoms with Crippen molar-refractivity contribution in [2.45, 2.75) is 26.2 Å². The predicted octanol–water partition coefficient (Wildman–Crippen LogP) is 3.44. The summed E-state index contributed by atoms with van der Waals surface area (Å²) >= 11 is 5.19. The second kappa shape index (κ2) is 11.3. The minimum Gasteiger partial charge on any atom is -0.493 e. The first-order chi connectivity index (χ1) is 13.9. The molecule has 2 aromatic rings. The molecule has 0 spiro atoms. The van der Waals surface area contributed by atoms with Gasteiger partial charge in [-0.05, 0) is 53.9 Å². The van der Waals surface area contributed by atoms with Crippen molar-refractivity contribution >= 4 is 23.2 Å². The number of hydrogen-bond acceptors (Lipinski definition) is 5. The van der Waals surface area contributed by atoms with Gasteiger partial charge < -0.3 is 24.8 Å². The van der Waals surface area contributed by atoms with Crippen LogP contribution in [-0.2, 0) is 11.2 Å². The Kier molecular flexibility index (Phi) is 8.73. The number of thiocarbonyl (C=S) groups is 1. The Balaban J connectivity index is 1.76. The van der Waals surface area contributed by atoms with Crippen LogP contribution in [0.4, 0.5) is 0 Å². The quantitative estimate of drug-likeness (QED) is 0.611. The number of carbonyl (C=O) groups excluding carboxylic acids is 1. The van der Waals surface area contributed by atoms with Crippen LogP contribution < -0.4 is 24.8 Å². The van der Waals surface area contributed by atoms with Gasteiger partial charge in [0.2, 0.25) is 0 Å². The summed E-state index contributed by atoms with van der Waals surface area (Å²) in [6.07, 6.45) is 0.717. The van der Waals surface area contributed by atoms with Crippen LogP contribution in [0.25, 0.3) is 0 Å². The molecule has 7 heteroatoms. The number of ether oxygens (including phenoxy) is 3. The van der Waals surface area contributed by atoms with Crippen molar-refractivity contribution in [2.75, 3.05) is 27.4 Å². The summed E-state index contributed by atoms with van der Waals surface area (Å²) in [5, 5.41) is 5.94.